The van der Waals surface area contributed by atoms with Crippen LogP contribution in [0.4, 0.5) is 0 Å². The average Bonchev–Trinajstić information content (AvgIpc) is 2.05. The van der Waals surface area contributed by atoms with Crippen LogP contribution in [0.15, 0.2) is 24.3 Å². The minimum absolute atomic E-state index is 0. The SMILES string of the molecule is O=C(O)[CH-]CCc1[c-]cccc1.[W+2]. The average molecular weight is 346 g/mol. The molecular formula is C10H10O2W. The molecule has 2 nitrogen and oxygen atoms in total. The summed E-state index contributed by atoms with van der Waals surface area (Å²) >= 11 is 0. The molecule has 0 amide bonds. The van der Waals surface area contributed by atoms with Gasteiger partial charge in [0.05, 0.1) is 0 Å². The summed E-state index contributed by atoms with van der Waals surface area (Å²) in [5, 5.41) is 8.33. The third-order valence-electron chi connectivity index (χ3n) is 1.51. The molecule has 0 unspecified atom stereocenters. The van der Waals surface area contributed by atoms with Crippen LogP contribution < -0.4 is 0 Å². The van der Waals surface area contributed by atoms with Gasteiger partial charge in [-0.25, -0.2) is 0 Å². The number of carboxylic acids is 1. The van der Waals surface area contributed by atoms with Gasteiger partial charge in [-0.05, 0) is 0 Å². The molecule has 0 spiro atoms. The molecule has 0 aliphatic rings. The minimum atomic E-state index is -0.856. The molecule has 0 saturated carbocycles. The summed E-state index contributed by atoms with van der Waals surface area (Å²) in [4.78, 5) is 10.1. The zero-order valence-electron chi connectivity index (χ0n) is 7.06. The third kappa shape index (κ3) is 5.48. The first kappa shape index (κ1) is 12.2. The van der Waals surface area contributed by atoms with Gasteiger partial charge < -0.3 is 5.11 Å². The van der Waals surface area contributed by atoms with Crippen molar-refractivity contribution in [2.45, 2.75) is 12.8 Å². The molecule has 0 aliphatic heterocycles. The Balaban J connectivity index is 0.00000144. The Morgan fingerprint density at radius 1 is 1.54 bits per heavy atom. The Morgan fingerprint density at radius 3 is 2.85 bits per heavy atom. The molecule has 1 rings (SSSR count). The molecule has 0 fully saturated rings. The molecule has 0 heterocycles. The fourth-order valence-electron chi connectivity index (χ4n) is 0.937. The summed E-state index contributed by atoms with van der Waals surface area (Å²) in [6.45, 7) is 0. The van der Waals surface area contributed by atoms with Crippen LogP contribution in [0.1, 0.15) is 12.0 Å². The number of aryl methyl sites for hydroxylation is 1. The second kappa shape index (κ2) is 6.73. The maximum atomic E-state index is 10.1. The monoisotopic (exact) mass is 346 g/mol. The van der Waals surface area contributed by atoms with Gasteiger partial charge in [-0.15, -0.1) is 0 Å². The Morgan fingerprint density at radius 2 is 2.31 bits per heavy atom. The zero-order valence-corrected chi connectivity index (χ0v) is 10.00. The number of hydrogen-bond acceptors (Lipinski definition) is 1. The van der Waals surface area contributed by atoms with Crippen molar-refractivity contribution in [3.05, 3.63) is 42.3 Å². The number of aliphatic carboxylic acids is 1. The van der Waals surface area contributed by atoms with Crippen molar-refractivity contribution < 1.29 is 31.0 Å². The van der Waals surface area contributed by atoms with Crippen LogP contribution >= 0.6 is 0 Å². The predicted octanol–water partition coefficient (Wildman–Crippen LogP) is 1.71. The molecule has 0 saturated heterocycles. The maximum Gasteiger partial charge on any atom is 2.00 e. The van der Waals surface area contributed by atoms with Crippen LogP contribution in [0.5, 0.6) is 0 Å². The normalized spacial score (nSPS) is 8.62. The van der Waals surface area contributed by atoms with Crippen LogP contribution in [0.3, 0.4) is 0 Å². The first-order chi connectivity index (χ1) is 5.79. The van der Waals surface area contributed by atoms with Crippen molar-refractivity contribution in [1.82, 2.24) is 0 Å². The van der Waals surface area contributed by atoms with Gasteiger partial charge in [0.2, 0.25) is 0 Å². The second-order valence-corrected chi connectivity index (χ2v) is 2.47. The van der Waals surface area contributed by atoms with Gasteiger partial charge in [0.15, 0.2) is 5.97 Å². The molecular weight excluding hydrogens is 336 g/mol. The first-order valence-electron chi connectivity index (χ1n) is 3.81. The molecule has 0 atom stereocenters. The van der Waals surface area contributed by atoms with Crippen molar-refractivity contribution in [2.24, 2.45) is 0 Å². The van der Waals surface area contributed by atoms with Gasteiger partial charge in [-0.3, -0.25) is 11.2 Å². The number of carbonyl (C=O) groups is 1. The minimum Gasteiger partial charge on any atom is -0.503 e. The van der Waals surface area contributed by atoms with Crippen LogP contribution in [0.2, 0.25) is 0 Å². The maximum absolute atomic E-state index is 10.1. The van der Waals surface area contributed by atoms with Crippen LogP contribution in [0, 0.1) is 12.5 Å². The molecule has 1 N–H and O–H groups in total. The number of rotatable bonds is 4. The Kier molecular flexibility index (Phi) is 6.34. The number of carboxylic acid groups (broad SMARTS) is 1. The standard InChI is InChI=1S/C10H10O2.W/c11-10(12)8-4-7-9-5-2-1-3-6-9;/h1-3,5,8H,4,7H2,(H,11,12);/q-2;+2. The number of benzene rings is 1. The van der Waals surface area contributed by atoms with E-state index >= 15 is 0 Å². The van der Waals surface area contributed by atoms with E-state index in [4.69, 9.17) is 5.11 Å². The first-order valence-corrected chi connectivity index (χ1v) is 3.81. The predicted molar refractivity (Wildman–Crippen MR) is 45.5 cm³/mol. The van der Waals surface area contributed by atoms with Gasteiger partial charge in [-0.2, -0.15) is 42.3 Å². The van der Waals surface area contributed by atoms with E-state index < -0.39 is 5.97 Å². The second-order valence-electron chi connectivity index (χ2n) is 2.47. The Hall–Kier alpha value is -0.752. The van der Waals surface area contributed by atoms with E-state index in [1.54, 1.807) is 0 Å². The third-order valence-corrected chi connectivity index (χ3v) is 1.51. The molecule has 1 aromatic rings. The van der Waals surface area contributed by atoms with Crippen LogP contribution in [-0.2, 0) is 32.3 Å². The molecule has 0 aliphatic carbocycles. The Bertz CT molecular complexity index is 246. The summed E-state index contributed by atoms with van der Waals surface area (Å²) in [6.07, 6.45) is 2.57. The van der Waals surface area contributed by atoms with Gasteiger partial charge in [0.25, 0.3) is 0 Å². The summed E-state index contributed by atoms with van der Waals surface area (Å²) in [5.74, 6) is -0.856. The van der Waals surface area contributed by atoms with E-state index in [2.05, 4.69) is 6.07 Å². The van der Waals surface area contributed by atoms with E-state index in [-0.39, 0.29) is 21.1 Å². The summed E-state index contributed by atoms with van der Waals surface area (Å²) in [7, 11) is 0. The van der Waals surface area contributed by atoms with Crippen molar-refractivity contribution in [1.29, 1.82) is 0 Å². The molecule has 1 aromatic carbocycles. The van der Waals surface area contributed by atoms with E-state index in [0.717, 1.165) is 12.0 Å². The fraction of sp³-hybridized carbons (Fsp3) is 0.200. The van der Waals surface area contributed by atoms with E-state index in [1.165, 1.54) is 6.42 Å². The fourth-order valence-corrected chi connectivity index (χ4v) is 0.937. The molecule has 0 aromatic heterocycles. The zero-order chi connectivity index (χ0) is 8.81. The topological polar surface area (TPSA) is 37.3 Å². The van der Waals surface area contributed by atoms with Gasteiger partial charge >= 0.3 is 21.1 Å². The van der Waals surface area contributed by atoms with Gasteiger partial charge in [0.1, 0.15) is 0 Å². The summed E-state index contributed by atoms with van der Waals surface area (Å²) in [6, 6.07) is 10.6. The smallest absolute Gasteiger partial charge is 0.503 e. The molecule has 3 heteroatoms. The van der Waals surface area contributed by atoms with Gasteiger partial charge in [-0.1, -0.05) is 6.42 Å². The van der Waals surface area contributed by atoms with Gasteiger partial charge in [0, 0.05) is 0 Å². The molecule has 68 valence electrons. The Labute approximate surface area is 92.2 Å². The van der Waals surface area contributed by atoms with Crippen molar-refractivity contribution in [3.8, 4) is 0 Å². The van der Waals surface area contributed by atoms with E-state index in [9.17, 15) is 4.79 Å². The van der Waals surface area contributed by atoms with Crippen molar-refractivity contribution in [2.75, 3.05) is 0 Å². The summed E-state index contributed by atoms with van der Waals surface area (Å²) in [5.41, 5.74) is 1.05. The number of hydrogen-bond donors (Lipinski definition) is 1. The van der Waals surface area contributed by atoms with Crippen LogP contribution in [-0.4, -0.2) is 11.1 Å². The molecule has 0 bridgehead atoms. The molecule has 13 heavy (non-hydrogen) atoms. The summed E-state index contributed by atoms with van der Waals surface area (Å²) < 4.78 is 0. The van der Waals surface area contributed by atoms with E-state index in [1.807, 2.05) is 24.3 Å². The van der Waals surface area contributed by atoms with E-state index in [0.29, 0.717) is 6.42 Å². The van der Waals surface area contributed by atoms with Crippen molar-refractivity contribution in [3.63, 3.8) is 0 Å². The van der Waals surface area contributed by atoms with Crippen molar-refractivity contribution >= 4 is 5.97 Å². The van der Waals surface area contributed by atoms with Crippen LogP contribution in [0.25, 0.3) is 0 Å². The molecule has 0 radical (unpaired) electrons. The largest absolute Gasteiger partial charge is 2.00 e. The quantitative estimate of drug-likeness (QED) is 0.843.